The van der Waals surface area contributed by atoms with Gasteiger partial charge in [-0.1, -0.05) is 24.3 Å². The SMILES string of the molecule is Cc1ccccc1-c1nc(N2CCOCC2)ccc1N. The smallest absolute Gasteiger partial charge is 0.129 e. The average Bonchev–Trinajstić information content (AvgIpc) is 2.49. The molecule has 0 saturated carbocycles. The van der Waals surface area contributed by atoms with E-state index in [-0.39, 0.29) is 0 Å². The second-order valence-corrected chi connectivity index (χ2v) is 5.02. The van der Waals surface area contributed by atoms with Gasteiger partial charge in [0.25, 0.3) is 0 Å². The number of aromatic nitrogens is 1. The summed E-state index contributed by atoms with van der Waals surface area (Å²) in [6, 6.07) is 12.1. The van der Waals surface area contributed by atoms with Crippen molar-refractivity contribution in [3.8, 4) is 11.3 Å². The van der Waals surface area contributed by atoms with Gasteiger partial charge in [-0.05, 0) is 24.6 Å². The number of nitrogens with two attached hydrogens (primary N) is 1. The molecule has 0 radical (unpaired) electrons. The van der Waals surface area contributed by atoms with E-state index in [0.717, 1.165) is 49.1 Å². The number of nitrogens with zero attached hydrogens (tertiary/aromatic N) is 2. The molecule has 104 valence electrons. The molecule has 1 fully saturated rings. The van der Waals surface area contributed by atoms with E-state index in [1.807, 2.05) is 24.3 Å². The fourth-order valence-corrected chi connectivity index (χ4v) is 2.48. The predicted octanol–water partition coefficient (Wildman–Crippen LogP) is 2.48. The average molecular weight is 269 g/mol. The number of rotatable bonds is 2. The Balaban J connectivity index is 2.00. The third kappa shape index (κ3) is 2.47. The summed E-state index contributed by atoms with van der Waals surface area (Å²) in [6.07, 6.45) is 0. The highest BCUT2D eigenvalue weighted by molar-refractivity contribution is 5.76. The van der Waals surface area contributed by atoms with Crippen LogP contribution >= 0.6 is 0 Å². The van der Waals surface area contributed by atoms with Gasteiger partial charge in [0.1, 0.15) is 5.82 Å². The van der Waals surface area contributed by atoms with Crippen LogP contribution in [0.15, 0.2) is 36.4 Å². The maximum Gasteiger partial charge on any atom is 0.129 e. The lowest BCUT2D eigenvalue weighted by molar-refractivity contribution is 0.122. The highest BCUT2D eigenvalue weighted by Gasteiger charge is 2.15. The number of ether oxygens (including phenoxy) is 1. The van der Waals surface area contributed by atoms with E-state index in [2.05, 4.69) is 24.0 Å². The minimum Gasteiger partial charge on any atom is -0.397 e. The molecule has 0 aliphatic carbocycles. The van der Waals surface area contributed by atoms with Crippen LogP contribution in [0.1, 0.15) is 5.56 Å². The molecule has 2 aromatic rings. The van der Waals surface area contributed by atoms with Crippen molar-refractivity contribution < 1.29 is 4.74 Å². The van der Waals surface area contributed by atoms with Crippen LogP contribution < -0.4 is 10.6 Å². The van der Waals surface area contributed by atoms with Crippen molar-refractivity contribution in [2.75, 3.05) is 36.9 Å². The van der Waals surface area contributed by atoms with Crippen LogP contribution in [0.25, 0.3) is 11.3 Å². The van der Waals surface area contributed by atoms with Gasteiger partial charge >= 0.3 is 0 Å². The van der Waals surface area contributed by atoms with E-state index < -0.39 is 0 Å². The van der Waals surface area contributed by atoms with Crippen LogP contribution in [0.4, 0.5) is 11.5 Å². The molecular formula is C16H19N3O. The molecule has 0 spiro atoms. The van der Waals surface area contributed by atoms with Gasteiger partial charge in [0, 0.05) is 18.7 Å². The molecule has 1 aromatic heterocycles. The molecule has 1 aliphatic rings. The van der Waals surface area contributed by atoms with Gasteiger partial charge in [-0.2, -0.15) is 0 Å². The zero-order valence-corrected chi connectivity index (χ0v) is 11.7. The molecule has 2 N–H and O–H groups in total. The zero-order valence-electron chi connectivity index (χ0n) is 11.7. The van der Waals surface area contributed by atoms with Crippen LogP contribution in [-0.4, -0.2) is 31.3 Å². The van der Waals surface area contributed by atoms with E-state index in [1.54, 1.807) is 0 Å². The number of anilines is 2. The van der Waals surface area contributed by atoms with Crippen molar-refractivity contribution >= 4 is 11.5 Å². The number of aryl methyl sites for hydroxylation is 1. The number of hydrogen-bond donors (Lipinski definition) is 1. The summed E-state index contributed by atoms with van der Waals surface area (Å²) in [4.78, 5) is 7.01. The van der Waals surface area contributed by atoms with Gasteiger partial charge in [-0.3, -0.25) is 0 Å². The Bertz CT molecular complexity index is 606. The van der Waals surface area contributed by atoms with Crippen LogP contribution in [0.5, 0.6) is 0 Å². The fourth-order valence-electron chi connectivity index (χ4n) is 2.48. The maximum absolute atomic E-state index is 6.11. The molecule has 1 saturated heterocycles. The molecule has 0 bridgehead atoms. The third-order valence-electron chi connectivity index (χ3n) is 3.65. The summed E-state index contributed by atoms with van der Waals surface area (Å²) in [7, 11) is 0. The molecule has 4 nitrogen and oxygen atoms in total. The largest absolute Gasteiger partial charge is 0.397 e. The Morgan fingerprint density at radius 2 is 1.85 bits per heavy atom. The summed E-state index contributed by atoms with van der Waals surface area (Å²) in [5.41, 5.74) is 9.98. The van der Waals surface area contributed by atoms with Crippen LogP contribution in [0.2, 0.25) is 0 Å². The summed E-state index contributed by atoms with van der Waals surface area (Å²) in [6.45, 7) is 5.35. The Hall–Kier alpha value is -2.07. The normalized spacial score (nSPS) is 15.3. The van der Waals surface area contributed by atoms with Crippen molar-refractivity contribution in [3.05, 3.63) is 42.0 Å². The zero-order chi connectivity index (χ0) is 13.9. The molecule has 3 rings (SSSR count). The first-order valence-corrected chi connectivity index (χ1v) is 6.91. The van der Waals surface area contributed by atoms with Crippen molar-refractivity contribution in [3.63, 3.8) is 0 Å². The maximum atomic E-state index is 6.11. The molecule has 0 atom stereocenters. The number of pyridine rings is 1. The minimum atomic E-state index is 0.719. The summed E-state index contributed by atoms with van der Waals surface area (Å²) in [5, 5.41) is 0. The lowest BCUT2D eigenvalue weighted by Gasteiger charge is -2.28. The van der Waals surface area contributed by atoms with Gasteiger partial charge in [-0.25, -0.2) is 4.98 Å². The van der Waals surface area contributed by atoms with E-state index in [0.29, 0.717) is 0 Å². The third-order valence-corrected chi connectivity index (χ3v) is 3.65. The van der Waals surface area contributed by atoms with Crippen LogP contribution in [0, 0.1) is 6.92 Å². The van der Waals surface area contributed by atoms with Crippen molar-refractivity contribution in [1.29, 1.82) is 0 Å². The molecule has 1 aromatic carbocycles. The molecule has 0 unspecified atom stereocenters. The molecular weight excluding hydrogens is 250 g/mol. The summed E-state index contributed by atoms with van der Waals surface area (Å²) < 4.78 is 5.38. The molecule has 4 heteroatoms. The highest BCUT2D eigenvalue weighted by Crippen LogP contribution is 2.29. The summed E-state index contributed by atoms with van der Waals surface area (Å²) in [5.74, 6) is 0.973. The van der Waals surface area contributed by atoms with Crippen LogP contribution in [-0.2, 0) is 4.74 Å². The second kappa shape index (κ2) is 5.51. The number of nitrogen functional groups attached to an aromatic ring is 1. The number of hydrogen-bond acceptors (Lipinski definition) is 4. The molecule has 0 amide bonds. The fraction of sp³-hybridized carbons (Fsp3) is 0.312. The van der Waals surface area contributed by atoms with Crippen molar-refractivity contribution in [2.45, 2.75) is 6.92 Å². The Kier molecular flexibility index (Phi) is 3.56. The monoisotopic (exact) mass is 269 g/mol. The Labute approximate surface area is 119 Å². The number of benzene rings is 1. The lowest BCUT2D eigenvalue weighted by Crippen LogP contribution is -2.36. The second-order valence-electron chi connectivity index (χ2n) is 5.02. The predicted molar refractivity (Wildman–Crippen MR) is 81.9 cm³/mol. The van der Waals surface area contributed by atoms with Gasteiger partial charge in [0.2, 0.25) is 0 Å². The Morgan fingerprint density at radius 3 is 2.60 bits per heavy atom. The van der Waals surface area contributed by atoms with Crippen molar-refractivity contribution in [1.82, 2.24) is 4.98 Å². The van der Waals surface area contributed by atoms with E-state index in [9.17, 15) is 0 Å². The minimum absolute atomic E-state index is 0.719. The topological polar surface area (TPSA) is 51.4 Å². The first kappa shape index (κ1) is 12.9. The standard InChI is InChI=1S/C16H19N3O/c1-12-4-2-3-5-13(12)16-14(17)6-7-15(18-16)19-8-10-20-11-9-19/h2-7H,8-11,17H2,1H3. The van der Waals surface area contributed by atoms with E-state index in [1.165, 1.54) is 5.56 Å². The summed E-state index contributed by atoms with van der Waals surface area (Å²) >= 11 is 0. The van der Waals surface area contributed by atoms with Crippen molar-refractivity contribution in [2.24, 2.45) is 0 Å². The molecule has 1 aliphatic heterocycles. The van der Waals surface area contributed by atoms with E-state index in [4.69, 9.17) is 15.5 Å². The lowest BCUT2D eigenvalue weighted by atomic mass is 10.0. The first-order valence-electron chi connectivity index (χ1n) is 6.91. The molecule has 2 heterocycles. The first-order chi connectivity index (χ1) is 9.75. The quantitative estimate of drug-likeness (QED) is 0.910. The van der Waals surface area contributed by atoms with Crippen LogP contribution in [0.3, 0.4) is 0 Å². The van der Waals surface area contributed by atoms with Gasteiger partial charge < -0.3 is 15.4 Å². The van der Waals surface area contributed by atoms with Gasteiger partial charge in [0.05, 0.1) is 24.6 Å². The van der Waals surface area contributed by atoms with E-state index >= 15 is 0 Å². The Morgan fingerprint density at radius 1 is 1.10 bits per heavy atom. The van der Waals surface area contributed by atoms with Gasteiger partial charge in [-0.15, -0.1) is 0 Å². The van der Waals surface area contributed by atoms with Gasteiger partial charge in [0.15, 0.2) is 0 Å². The number of morpholine rings is 1. The highest BCUT2D eigenvalue weighted by atomic mass is 16.5. The molecule has 20 heavy (non-hydrogen) atoms.